The van der Waals surface area contributed by atoms with Crippen molar-refractivity contribution in [2.75, 3.05) is 18.4 Å². The SMILES string of the molecule is CC(=O)c1c(C)[nH]c(C(=O)Nc2cccc(SN3CCCC3)c2)c1C. The number of nitrogens with one attached hydrogen (secondary N) is 2. The normalized spacial score (nSPS) is 14.7. The van der Waals surface area contributed by atoms with Crippen LogP contribution >= 0.6 is 11.9 Å². The van der Waals surface area contributed by atoms with E-state index >= 15 is 0 Å². The van der Waals surface area contributed by atoms with E-state index in [0.717, 1.165) is 29.4 Å². The Labute approximate surface area is 152 Å². The molecule has 1 aromatic heterocycles. The fourth-order valence-corrected chi connectivity index (χ4v) is 4.32. The number of carbonyl (C=O) groups is 2. The molecule has 0 unspecified atom stereocenters. The predicted octanol–water partition coefficient (Wildman–Crippen LogP) is 4.19. The summed E-state index contributed by atoms with van der Waals surface area (Å²) in [7, 11) is 0. The number of aromatic amines is 1. The minimum absolute atomic E-state index is 0.0330. The Hall–Kier alpha value is -2.05. The number of ketones is 1. The maximum Gasteiger partial charge on any atom is 0.272 e. The molecule has 2 heterocycles. The molecule has 0 aliphatic carbocycles. The first-order valence-corrected chi connectivity index (χ1v) is 9.27. The molecule has 6 heteroatoms. The Kier molecular flexibility index (Phi) is 5.30. The van der Waals surface area contributed by atoms with E-state index in [1.54, 1.807) is 18.9 Å². The Morgan fingerprint density at radius 3 is 2.56 bits per heavy atom. The highest BCUT2D eigenvalue weighted by Gasteiger charge is 2.20. The van der Waals surface area contributed by atoms with Gasteiger partial charge in [0.05, 0.1) is 0 Å². The van der Waals surface area contributed by atoms with Crippen molar-refractivity contribution >= 4 is 29.3 Å². The van der Waals surface area contributed by atoms with Gasteiger partial charge in [0.15, 0.2) is 5.78 Å². The van der Waals surface area contributed by atoms with E-state index in [1.807, 2.05) is 25.1 Å². The largest absolute Gasteiger partial charge is 0.354 e. The molecule has 25 heavy (non-hydrogen) atoms. The molecule has 1 aliphatic heterocycles. The second-order valence-corrected chi connectivity index (χ2v) is 7.56. The highest BCUT2D eigenvalue weighted by Crippen LogP contribution is 2.28. The third-order valence-electron chi connectivity index (χ3n) is 4.41. The van der Waals surface area contributed by atoms with Gasteiger partial charge in [0.1, 0.15) is 5.69 Å². The molecule has 1 saturated heterocycles. The monoisotopic (exact) mass is 357 g/mol. The van der Waals surface area contributed by atoms with Crippen molar-refractivity contribution in [2.24, 2.45) is 0 Å². The lowest BCUT2D eigenvalue weighted by atomic mass is 10.1. The van der Waals surface area contributed by atoms with Crippen molar-refractivity contribution in [2.45, 2.75) is 38.5 Å². The average molecular weight is 357 g/mol. The smallest absolute Gasteiger partial charge is 0.272 e. The fourth-order valence-electron chi connectivity index (χ4n) is 3.26. The van der Waals surface area contributed by atoms with E-state index in [4.69, 9.17) is 0 Å². The van der Waals surface area contributed by atoms with Crippen molar-refractivity contribution in [3.05, 3.63) is 46.8 Å². The molecule has 1 fully saturated rings. The molecular weight excluding hydrogens is 334 g/mol. The molecule has 0 spiro atoms. The van der Waals surface area contributed by atoms with Gasteiger partial charge in [0.2, 0.25) is 0 Å². The van der Waals surface area contributed by atoms with Crippen LogP contribution in [0.1, 0.15) is 51.9 Å². The van der Waals surface area contributed by atoms with Crippen molar-refractivity contribution in [3.8, 4) is 0 Å². The van der Waals surface area contributed by atoms with Crippen LogP contribution < -0.4 is 5.32 Å². The van der Waals surface area contributed by atoms with Gasteiger partial charge < -0.3 is 10.3 Å². The fraction of sp³-hybridized carbons (Fsp3) is 0.368. The van der Waals surface area contributed by atoms with Gasteiger partial charge in [-0.1, -0.05) is 6.07 Å². The molecule has 0 bridgehead atoms. The highest BCUT2D eigenvalue weighted by atomic mass is 32.2. The number of rotatable bonds is 5. The number of amides is 1. The van der Waals surface area contributed by atoms with Crippen LogP contribution in [-0.4, -0.2) is 34.1 Å². The summed E-state index contributed by atoms with van der Waals surface area (Å²) in [5, 5.41) is 2.93. The molecule has 0 radical (unpaired) electrons. The number of anilines is 1. The van der Waals surface area contributed by atoms with E-state index < -0.39 is 0 Å². The van der Waals surface area contributed by atoms with Crippen LogP contribution in [0.2, 0.25) is 0 Å². The molecule has 2 N–H and O–H groups in total. The van der Waals surface area contributed by atoms with Gasteiger partial charge in [-0.15, -0.1) is 0 Å². The first kappa shape index (κ1) is 17.8. The van der Waals surface area contributed by atoms with Crippen LogP contribution in [0, 0.1) is 13.8 Å². The zero-order chi connectivity index (χ0) is 18.0. The summed E-state index contributed by atoms with van der Waals surface area (Å²) >= 11 is 1.73. The van der Waals surface area contributed by atoms with Crippen LogP contribution in [0.5, 0.6) is 0 Å². The van der Waals surface area contributed by atoms with E-state index in [1.165, 1.54) is 19.8 Å². The van der Waals surface area contributed by atoms with Crippen LogP contribution in [0.3, 0.4) is 0 Å². The van der Waals surface area contributed by atoms with E-state index in [9.17, 15) is 9.59 Å². The summed E-state index contributed by atoms with van der Waals surface area (Å²) in [5.41, 5.74) is 3.23. The van der Waals surface area contributed by atoms with Gasteiger partial charge in [-0.2, -0.15) is 0 Å². The van der Waals surface area contributed by atoms with Crippen LogP contribution in [0.4, 0.5) is 5.69 Å². The number of nitrogens with zero attached hydrogens (tertiary/aromatic N) is 1. The quantitative estimate of drug-likeness (QED) is 0.622. The van der Waals surface area contributed by atoms with Gasteiger partial charge in [-0.05, 0) is 69.3 Å². The number of carbonyl (C=O) groups excluding carboxylic acids is 2. The number of Topliss-reactive ketones (excluding diaryl/α,β-unsaturated/α-hetero) is 1. The first-order chi connectivity index (χ1) is 12.0. The number of benzene rings is 1. The van der Waals surface area contributed by atoms with Gasteiger partial charge in [0, 0.05) is 34.9 Å². The Morgan fingerprint density at radius 1 is 1.20 bits per heavy atom. The number of H-pyrrole nitrogens is 1. The van der Waals surface area contributed by atoms with Crippen molar-refractivity contribution in [1.29, 1.82) is 0 Å². The Morgan fingerprint density at radius 2 is 1.92 bits per heavy atom. The molecule has 2 aromatic rings. The molecule has 132 valence electrons. The van der Waals surface area contributed by atoms with Gasteiger partial charge in [-0.25, -0.2) is 4.31 Å². The number of hydrogen-bond acceptors (Lipinski definition) is 4. The van der Waals surface area contributed by atoms with Crippen molar-refractivity contribution < 1.29 is 9.59 Å². The summed E-state index contributed by atoms with van der Waals surface area (Å²) in [4.78, 5) is 28.5. The minimum Gasteiger partial charge on any atom is -0.354 e. The number of aryl methyl sites for hydroxylation is 1. The molecular formula is C19H23N3O2S. The third-order valence-corrected chi connectivity index (χ3v) is 5.50. The number of hydrogen-bond donors (Lipinski definition) is 2. The second-order valence-electron chi connectivity index (χ2n) is 6.39. The molecule has 1 amide bonds. The molecule has 1 aliphatic rings. The summed E-state index contributed by atoms with van der Waals surface area (Å²) in [6, 6.07) is 7.86. The Balaban J connectivity index is 1.75. The molecule has 0 atom stereocenters. The van der Waals surface area contributed by atoms with Crippen LogP contribution in [0.15, 0.2) is 29.2 Å². The zero-order valence-electron chi connectivity index (χ0n) is 14.8. The summed E-state index contributed by atoms with van der Waals surface area (Å²) in [5.74, 6) is -0.259. The summed E-state index contributed by atoms with van der Waals surface area (Å²) in [6.45, 7) is 7.35. The lowest BCUT2D eigenvalue weighted by molar-refractivity contribution is 0.101. The zero-order valence-corrected chi connectivity index (χ0v) is 15.6. The summed E-state index contributed by atoms with van der Waals surface area (Å²) in [6.07, 6.45) is 2.49. The summed E-state index contributed by atoms with van der Waals surface area (Å²) < 4.78 is 2.35. The third kappa shape index (κ3) is 3.96. The lowest BCUT2D eigenvalue weighted by Crippen LogP contribution is -2.14. The van der Waals surface area contributed by atoms with E-state index in [-0.39, 0.29) is 11.7 Å². The molecule has 5 nitrogen and oxygen atoms in total. The standard InChI is InChI=1S/C19H23N3O2S/c1-12-17(14(3)23)13(2)20-18(12)19(24)21-15-7-6-8-16(11-15)25-22-9-4-5-10-22/h6-8,11,20H,4-5,9-10H2,1-3H3,(H,21,24). The van der Waals surface area contributed by atoms with Crippen molar-refractivity contribution in [1.82, 2.24) is 9.29 Å². The van der Waals surface area contributed by atoms with Gasteiger partial charge in [0.25, 0.3) is 5.91 Å². The maximum atomic E-state index is 12.6. The molecule has 0 saturated carbocycles. The maximum absolute atomic E-state index is 12.6. The van der Waals surface area contributed by atoms with Gasteiger partial charge in [-0.3, -0.25) is 9.59 Å². The van der Waals surface area contributed by atoms with Crippen LogP contribution in [0.25, 0.3) is 0 Å². The molecule has 1 aromatic carbocycles. The average Bonchev–Trinajstić information content (AvgIpc) is 3.15. The number of aromatic nitrogens is 1. The second kappa shape index (κ2) is 7.45. The van der Waals surface area contributed by atoms with E-state index in [0.29, 0.717) is 16.8 Å². The van der Waals surface area contributed by atoms with Crippen LogP contribution in [-0.2, 0) is 0 Å². The highest BCUT2D eigenvalue weighted by molar-refractivity contribution is 7.97. The van der Waals surface area contributed by atoms with Gasteiger partial charge >= 0.3 is 0 Å². The predicted molar refractivity (Wildman–Crippen MR) is 101 cm³/mol. The van der Waals surface area contributed by atoms with Crippen molar-refractivity contribution in [3.63, 3.8) is 0 Å². The minimum atomic E-state index is -0.226. The topological polar surface area (TPSA) is 65.2 Å². The Bertz CT molecular complexity index is 807. The lowest BCUT2D eigenvalue weighted by Gasteiger charge is -2.14. The van der Waals surface area contributed by atoms with E-state index in [2.05, 4.69) is 20.7 Å². The molecule has 3 rings (SSSR count). The first-order valence-electron chi connectivity index (χ1n) is 8.50.